The minimum atomic E-state index is 1.08. The van der Waals surface area contributed by atoms with Crippen LogP contribution in [0.3, 0.4) is 0 Å². The fraction of sp³-hybridized carbons (Fsp3) is 0.333. The molecule has 0 atom stereocenters. The van der Waals surface area contributed by atoms with Crippen LogP contribution in [0.4, 0.5) is 5.69 Å². The molecule has 0 radical (unpaired) electrons. The molecule has 1 nitrogen and oxygen atoms in total. The number of thioether (sulfide) groups is 1. The first kappa shape index (κ1) is 8.45. The van der Waals surface area contributed by atoms with E-state index in [0.29, 0.717) is 0 Å². The molecule has 0 aromatic heterocycles. The summed E-state index contributed by atoms with van der Waals surface area (Å²) in [5.41, 5.74) is 2.74. The van der Waals surface area contributed by atoms with E-state index in [4.69, 9.17) is 0 Å². The lowest BCUT2D eigenvalue weighted by Crippen LogP contribution is -1.90. The Morgan fingerprint density at radius 2 is 2.33 bits per heavy atom. The average Bonchev–Trinajstić information content (AvgIpc) is 2.49. The van der Waals surface area contributed by atoms with Gasteiger partial charge in [-0.15, -0.1) is 11.8 Å². The molecule has 64 valence electrons. The molecule has 0 aliphatic carbocycles. The fourth-order valence-corrected chi connectivity index (χ4v) is 2.82. The van der Waals surface area contributed by atoms with Crippen LogP contribution in [-0.2, 0) is 6.42 Å². The first-order valence-electron chi connectivity index (χ1n) is 3.91. The van der Waals surface area contributed by atoms with Crippen molar-refractivity contribution in [3.05, 3.63) is 22.2 Å². The molecular formula is C9H10BrNS. The second kappa shape index (κ2) is 3.30. The third-order valence-corrected chi connectivity index (χ3v) is 3.78. The molecule has 0 unspecified atom stereocenters. The first-order valence-corrected chi connectivity index (χ1v) is 5.93. The van der Waals surface area contributed by atoms with E-state index in [2.05, 4.69) is 39.6 Å². The van der Waals surface area contributed by atoms with Crippen molar-refractivity contribution in [2.75, 3.05) is 18.1 Å². The van der Waals surface area contributed by atoms with E-state index in [1.54, 1.807) is 11.8 Å². The van der Waals surface area contributed by atoms with E-state index in [1.165, 1.54) is 20.6 Å². The van der Waals surface area contributed by atoms with Gasteiger partial charge in [0.15, 0.2) is 0 Å². The highest BCUT2D eigenvalue weighted by atomic mass is 79.9. The van der Waals surface area contributed by atoms with Crippen molar-refractivity contribution in [2.45, 2.75) is 11.3 Å². The molecule has 12 heavy (non-hydrogen) atoms. The van der Waals surface area contributed by atoms with Crippen molar-refractivity contribution in [1.82, 2.24) is 0 Å². The summed E-state index contributed by atoms with van der Waals surface area (Å²) in [5, 5.41) is 3.37. The Kier molecular flexibility index (Phi) is 2.33. The molecule has 0 amide bonds. The van der Waals surface area contributed by atoms with Crippen LogP contribution in [-0.4, -0.2) is 12.8 Å². The molecule has 1 aromatic carbocycles. The Hall–Kier alpha value is -0.150. The molecule has 2 rings (SSSR count). The number of nitrogens with one attached hydrogen (secondary N) is 1. The summed E-state index contributed by atoms with van der Waals surface area (Å²) in [5.74, 6) is 0. The van der Waals surface area contributed by atoms with Crippen LogP contribution in [0.15, 0.2) is 21.5 Å². The molecule has 0 bridgehead atoms. The summed E-state index contributed by atoms with van der Waals surface area (Å²) >= 11 is 5.34. The van der Waals surface area contributed by atoms with Gasteiger partial charge >= 0.3 is 0 Å². The molecule has 0 saturated heterocycles. The molecule has 0 spiro atoms. The molecule has 1 aliphatic rings. The van der Waals surface area contributed by atoms with Crippen molar-refractivity contribution < 1.29 is 0 Å². The van der Waals surface area contributed by atoms with Gasteiger partial charge in [-0.2, -0.15) is 0 Å². The predicted molar refractivity (Wildman–Crippen MR) is 58.1 cm³/mol. The monoisotopic (exact) mass is 243 g/mol. The molecule has 1 aromatic rings. The normalized spacial score (nSPS) is 14.2. The largest absolute Gasteiger partial charge is 0.384 e. The molecule has 1 N–H and O–H groups in total. The SMILES string of the molecule is CSc1cc2c(cc1Br)CCN2. The van der Waals surface area contributed by atoms with Gasteiger partial charge in [0.2, 0.25) is 0 Å². The molecule has 1 heterocycles. The number of rotatable bonds is 1. The zero-order valence-corrected chi connectivity index (χ0v) is 9.26. The summed E-state index contributed by atoms with van der Waals surface area (Å²) in [6.07, 6.45) is 3.25. The number of anilines is 1. The highest BCUT2D eigenvalue weighted by molar-refractivity contribution is 9.10. The van der Waals surface area contributed by atoms with Crippen molar-refractivity contribution in [3.63, 3.8) is 0 Å². The Morgan fingerprint density at radius 3 is 3.08 bits per heavy atom. The second-order valence-electron chi connectivity index (χ2n) is 2.82. The summed E-state index contributed by atoms with van der Waals surface area (Å²) < 4.78 is 1.22. The Balaban J connectivity index is 2.49. The van der Waals surface area contributed by atoms with E-state index in [9.17, 15) is 0 Å². The molecule has 1 aliphatic heterocycles. The highest BCUT2D eigenvalue weighted by Gasteiger charge is 2.12. The number of hydrogen-bond donors (Lipinski definition) is 1. The number of benzene rings is 1. The van der Waals surface area contributed by atoms with Gasteiger partial charge in [0, 0.05) is 21.6 Å². The fourth-order valence-electron chi connectivity index (χ4n) is 1.45. The molecule has 0 saturated carbocycles. The topological polar surface area (TPSA) is 12.0 Å². The van der Waals surface area contributed by atoms with Crippen LogP contribution in [0.5, 0.6) is 0 Å². The summed E-state index contributed by atoms with van der Waals surface area (Å²) in [4.78, 5) is 1.31. The van der Waals surface area contributed by atoms with Gasteiger partial charge in [0.25, 0.3) is 0 Å². The van der Waals surface area contributed by atoms with E-state index in [0.717, 1.165) is 13.0 Å². The highest BCUT2D eigenvalue weighted by Crippen LogP contribution is 2.33. The van der Waals surface area contributed by atoms with E-state index < -0.39 is 0 Å². The molecule has 3 heteroatoms. The minimum absolute atomic E-state index is 1.08. The summed E-state index contributed by atoms with van der Waals surface area (Å²) in [6.45, 7) is 1.08. The standard InChI is InChI=1S/C9H10BrNS/c1-12-9-5-8-6(2-3-11-8)4-7(9)10/h4-5,11H,2-3H2,1H3. The van der Waals surface area contributed by atoms with E-state index in [-0.39, 0.29) is 0 Å². The van der Waals surface area contributed by atoms with Gasteiger partial charge in [-0.1, -0.05) is 0 Å². The maximum absolute atomic E-state index is 3.56. The van der Waals surface area contributed by atoms with Gasteiger partial charge in [0.1, 0.15) is 0 Å². The Labute approximate surface area is 85.1 Å². The lowest BCUT2D eigenvalue weighted by atomic mass is 10.2. The zero-order chi connectivity index (χ0) is 8.55. The van der Waals surface area contributed by atoms with Gasteiger partial charge in [0.05, 0.1) is 0 Å². The third kappa shape index (κ3) is 1.36. The number of halogens is 1. The third-order valence-electron chi connectivity index (χ3n) is 2.09. The van der Waals surface area contributed by atoms with Crippen molar-refractivity contribution in [2.24, 2.45) is 0 Å². The summed E-state index contributed by atoms with van der Waals surface area (Å²) in [6, 6.07) is 4.44. The minimum Gasteiger partial charge on any atom is -0.384 e. The van der Waals surface area contributed by atoms with Gasteiger partial charge in [-0.25, -0.2) is 0 Å². The van der Waals surface area contributed by atoms with Crippen LogP contribution >= 0.6 is 27.7 Å². The quantitative estimate of drug-likeness (QED) is 0.761. The van der Waals surface area contributed by atoms with Gasteiger partial charge in [-0.05, 0) is 46.3 Å². The lowest BCUT2D eigenvalue weighted by Gasteiger charge is -2.04. The number of hydrogen-bond acceptors (Lipinski definition) is 2. The van der Waals surface area contributed by atoms with Gasteiger partial charge in [-0.3, -0.25) is 0 Å². The van der Waals surface area contributed by atoms with Crippen LogP contribution in [0.2, 0.25) is 0 Å². The smallest absolute Gasteiger partial charge is 0.0385 e. The maximum Gasteiger partial charge on any atom is 0.0385 e. The van der Waals surface area contributed by atoms with E-state index >= 15 is 0 Å². The predicted octanol–water partition coefficient (Wildman–Crippen LogP) is 3.14. The van der Waals surface area contributed by atoms with Crippen LogP contribution in [0.1, 0.15) is 5.56 Å². The second-order valence-corrected chi connectivity index (χ2v) is 4.52. The van der Waals surface area contributed by atoms with Crippen LogP contribution < -0.4 is 5.32 Å². The van der Waals surface area contributed by atoms with Crippen molar-refractivity contribution in [1.29, 1.82) is 0 Å². The summed E-state index contributed by atoms with van der Waals surface area (Å²) in [7, 11) is 0. The van der Waals surface area contributed by atoms with Crippen molar-refractivity contribution >= 4 is 33.4 Å². The molecule has 0 fully saturated rings. The maximum atomic E-state index is 3.56. The van der Waals surface area contributed by atoms with Crippen LogP contribution in [0, 0.1) is 0 Å². The lowest BCUT2D eigenvalue weighted by molar-refractivity contribution is 1.10. The molecular weight excluding hydrogens is 234 g/mol. The number of fused-ring (bicyclic) bond motifs is 1. The van der Waals surface area contributed by atoms with Gasteiger partial charge < -0.3 is 5.32 Å². The van der Waals surface area contributed by atoms with Crippen molar-refractivity contribution in [3.8, 4) is 0 Å². The average molecular weight is 244 g/mol. The zero-order valence-electron chi connectivity index (χ0n) is 6.86. The van der Waals surface area contributed by atoms with Crippen LogP contribution in [0.25, 0.3) is 0 Å². The Morgan fingerprint density at radius 1 is 1.50 bits per heavy atom. The van der Waals surface area contributed by atoms with E-state index in [1.807, 2.05) is 0 Å². The first-order chi connectivity index (χ1) is 5.81. The Bertz CT molecular complexity index is 311.